The van der Waals surface area contributed by atoms with Crippen LogP contribution in [0.3, 0.4) is 0 Å². The van der Waals surface area contributed by atoms with Gasteiger partial charge < -0.3 is 14.6 Å². The summed E-state index contributed by atoms with van der Waals surface area (Å²) in [5.74, 6) is -1.29. The lowest BCUT2D eigenvalue weighted by atomic mass is 9.92. The minimum absolute atomic E-state index is 0.127. The summed E-state index contributed by atoms with van der Waals surface area (Å²) >= 11 is 0. The Bertz CT molecular complexity index is 595. The van der Waals surface area contributed by atoms with Gasteiger partial charge in [0.15, 0.2) is 0 Å². The molecule has 0 aromatic carbocycles. The SMILES string of the molecule is CC1CCN(C(=O)c2cc([N+](=O)[O-])cn2C)C(C(=O)O)C1. The van der Waals surface area contributed by atoms with E-state index in [0.29, 0.717) is 13.0 Å². The number of aryl methyl sites for hydroxylation is 1. The van der Waals surface area contributed by atoms with Crippen molar-refractivity contribution in [3.8, 4) is 0 Å². The first-order valence-electron chi connectivity index (χ1n) is 6.65. The smallest absolute Gasteiger partial charge is 0.326 e. The van der Waals surface area contributed by atoms with Gasteiger partial charge >= 0.3 is 5.97 Å². The van der Waals surface area contributed by atoms with Gasteiger partial charge in [-0.05, 0) is 18.8 Å². The number of amides is 1. The van der Waals surface area contributed by atoms with Crippen molar-refractivity contribution >= 4 is 17.6 Å². The van der Waals surface area contributed by atoms with Crippen LogP contribution in [0.25, 0.3) is 0 Å². The van der Waals surface area contributed by atoms with E-state index >= 15 is 0 Å². The number of hydrogen-bond acceptors (Lipinski definition) is 4. The van der Waals surface area contributed by atoms with Crippen LogP contribution >= 0.6 is 0 Å². The molecule has 2 atom stereocenters. The van der Waals surface area contributed by atoms with E-state index in [9.17, 15) is 24.8 Å². The molecule has 114 valence electrons. The highest BCUT2D eigenvalue weighted by molar-refractivity contribution is 5.96. The number of hydrogen-bond donors (Lipinski definition) is 1. The van der Waals surface area contributed by atoms with E-state index in [1.54, 1.807) is 0 Å². The van der Waals surface area contributed by atoms with Gasteiger partial charge in [0, 0.05) is 19.7 Å². The second kappa shape index (κ2) is 5.55. The molecule has 1 aliphatic heterocycles. The summed E-state index contributed by atoms with van der Waals surface area (Å²) in [5, 5.41) is 20.0. The molecule has 1 aliphatic rings. The summed E-state index contributed by atoms with van der Waals surface area (Å²) in [6.07, 6.45) is 2.37. The number of carbonyl (C=O) groups excluding carboxylic acids is 1. The largest absolute Gasteiger partial charge is 0.480 e. The molecule has 1 aromatic rings. The van der Waals surface area contributed by atoms with Crippen LogP contribution in [0, 0.1) is 16.0 Å². The lowest BCUT2D eigenvalue weighted by Crippen LogP contribution is -2.50. The van der Waals surface area contributed by atoms with Gasteiger partial charge in [-0.3, -0.25) is 14.9 Å². The van der Waals surface area contributed by atoms with Crippen LogP contribution in [0.2, 0.25) is 0 Å². The zero-order valence-electron chi connectivity index (χ0n) is 11.9. The maximum Gasteiger partial charge on any atom is 0.326 e. The highest BCUT2D eigenvalue weighted by atomic mass is 16.6. The van der Waals surface area contributed by atoms with Crippen LogP contribution in [0.5, 0.6) is 0 Å². The molecule has 2 rings (SSSR count). The zero-order valence-corrected chi connectivity index (χ0v) is 11.9. The highest BCUT2D eigenvalue weighted by Gasteiger charge is 2.36. The van der Waals surface area contributed by atoms with E-state index < -0.39 is 22.8 Å². The van der Waals surface area contributed by atoms with Crippen LogP contribution in [0.15, 0.2) is 12.3 Å². The molecular formula is C13H17N3O5. The minimum Gasteiger partial charge on any atom is -0.480 e. The molecule has 21 heavy (non-hydrogen) atoms. The number of rotatable bonds is 3. The number of carbonyl (C=O) groups is 2. The second-order valence-electron chi connectivity index (χ2n) is 5.43. The van der Waals surface area contributed by atoms with Crippen molar-refractivity contribution in [1.82, 2.24) is 9.47 Å². The van der Waals surface area contributed by atoms with Gasteiger partial charge in [0.25, 0.3) is 11.6 Å². The monoisotopic (exact) mass is 295 g/mol. The summed E-state index contributed by atoms with van der Waals surface area (Å²) in [5.41, 5.74) is -0.0550. The average Bonchev–Trinajstić information content (AvgIpc) is 2.80. The number of carboxylic acids is 1. The van der Waals surface area contributed by atoms with E-state index in [4.69, 9.17) is 0 Å². The van der Waals surface area contributed by atoms with E-state index in [0.717, 1.165) is 6.42 Å². The summed E-state index contributed by atoms with van der Waals surface area (Å²) in [4.78, 5) is 35.3. The lowest BCUT2D eigenvalue weighted by Gasteiger charge is -2.35. The molecule has 8 heteroatoms. The number of carboxylic acid groups (broad SMARTS) is 1. The van der Waals surface area contributed by atoms with Crippen LogP contribution in [-0.2, 0) is 11.8 Å². The molecule has 8 nitrogen and oxygen atoms in total. The number of aliphatic carboxylic acids is 1. The first kappa shape index (κ1) is 15.0. The van der Waals surface area contributed by atoms with Crippen LogP contribution in [0.4, 0.5) is 5.69 Å². The van der Waals surface area contributed by atoms with Crippen molar-refractivity contribution in [3.63, 3.8) is 0 Å². The van der Waals surface area contributed by atoms with Crippen molar-refractivity contribution in [1.29, 1.82) is 0 Å². The number of piperidine rings is 1. The molecule has 0 spiro atoms. The predicted molar refractivity (Wildman–Crippen MR) is 72.9 cm³/mol. The predicted octanol–water partition coefficient (Wildman–Crippen LogP) is 1.26. The molecule has 0 aliphatic carbocycles. The maximum atomic E-state index is 12.5. The first-order chi connectivity index (χ1) is 9.81. The van der Waals surface area contributed by atoms with Gasteiger partial charge in [-0.1, -0.05) is 6.92 Å². The topological polar surface area (TPSA) is 106 Å². The standard InChI is InChI=1S/C13H17N3O5/c1-8-3-4-15(11(5-8)13(18)19)12(17)10-6-9(16(20)21)7-14(10)2/h6-8,11H,3-5H2,1-2H3,(H,18,19). The maximum absolute atomic E-state index is 12.5. The molecule has 0 bridgehead atoms. The van der Waals surface area contributed by atoms with Crippen molar-refractivity contribution in [3.05, 3.63) is 28.1 Å². The Balaban J connectivity index is 2.29. The minimum atomic E-state index is -1.04. The average molecular weight is 295 g/mol. The van der Waals surface area contributed by atoms with Crippen molar-refractivity contribution in [2.75, 3.05) is 6.54 Å². The molecule has 1 aromatic heterocycles. The normalized spacial score (nSPS) is 22.1. The summed E-state index contributed by atoms with van der Waals surface area (Å²) in [7, 11) is 1.53. The van der Waals surface area contributed by atoms with Crippen molar-refractivity contribution in [2.24, 2.45) is 13.0 Å². The fourth-order valence-electron chi connectivity index (χ4n) is 2.63. The van der Waals surface area contributed by atoms with Crippen molar-refractivity contribution in [2.45, 2.75) is 25.8 Å². The fraction of sp³-hybridized carbons (Fsp3) is 0.538. The van der Waals surface area contributed by atoms with E-state index in [2.05, 4.69) is 0 Å². The Morgan fingerprint density at radius 1 is 1.48 bits per heavy atom. The number of likely N-dealkylation sites (tertiary alicyclic amines) is 1. The number of aromatic nitrogens is 1. The van der Waals surface area contributed by atoms with Crippen LogP contribution in [-0.4, -0.2) is 44.0 Å². The number of nitro groups is 1. The number of nitrogens with zero attached hydrogens (tertiary/aromatic N) is 3. The highest BCUT2D eigenvalue weighted by Crippen LogP contribution is 2.25. The Hall–Kier alpha value is -2.38. The van der Waals surface area contributed by atoms with Crippen LogP contribution < -0.4 is 0 Å². The summed E-state index contributed by atoms with van der Waals surface area (Å²) in [6.45, 7) is 2.29. The van der Waals surface area contributed by atoms with Crippen LogP contribution in [0.1, 0.15) is 30.3 Å². The Labute approximate surface area is 121 Å². The molecule has 1 amide bonds. The van der Waals surface area contributed by atoms with E-state index in [-0.39, 0.29) is 17.3 Å². The van der Waals surface area contributed by atoms with E-state index in [1.807, 2.05) is 6.92 Å². The molecule has 2 unspecified atom stereocenters. The third-order valence-corrected chi connectivity index (χ3v) is 3.83. The van der Waals surface area contributed by atoms with Gasteiger partial charge in [-0.15, -0.1) is 0 Å². The molecular weight excluding hydrogens is 278 g/mol. The molecule has 1 fully saturated rings. The molecule has 0 saturated carbocycles. The Kier molecular flexibility index (Phi) is 3.97. The third kappa shape index (κ3) is 2.88. The second-order valence-corrected chi connectivity index (χ2v) is 5.43. The lowest BCUT2D eigenvalue weighted by molar-refractivity contribution is -0.384. The summed E-state index contributed by atoms with van der Waals surface area (Å²) < 4.78 is 1.36. The fourth-order valence-corrected chi connectivity index (χ4v) is 2.63. The molecule has 1 N–H and O–H groups in total. The van der Waals surface area contributed by atoms with Crippen molar-refractivity contribution < 1.29 is 19.6 Å². The first-order valence-corrected chi connectivity index (χ1v) is 6.65. The quantitative estimate of drug-likeness (QED) is 0.667. The Morgan fingerprint density at radius 3 is 2.67 bits per heavy atom. The van der Waals surface area contributed by atoms with Gasteiger partial charge in [0.2, 0.25) is 0 Å². The molecule has 2 heterocycles. The van der Waals surface area contributed by atoms with Gasteiger partial charge in [0.05, 0.1) is 11.1 Å². The van der Waals surface area contributed by atoms with Gasteiger partial charge in [0.1, 0.15) is 11.7 Å². The van der Waals surface area contributed by atoms with E-state index in [1.165, 1.54) is 28.8 Å². The zero-order chi connectivity index (χ0) is 15.7. The molecule has 1 saturated heterocycles. The third-order valence-electron chi connectivity index (χ3n) is 3.83. The van der Waals surface area contributed by atoms with Gasteiger partial charge in [-0.2, -0.15) is 0 Å². The Morgan fingerprint density at radius 2 is 2.14 bits per heavy atom. The van der Waals surface area contributed by atoms with Gasteiger partial charge in [-0.25, -0.2) is 4.79 Å². The molecule has 0 radical (unpaired) electrons. The summed E-state index contributed by atoms with van der Waals surface area (Å²) in [6, 6.07) is 0.300.